The van der Waals surface area contributed by atoms with E-state index in [1.54, 1.807) is 11.0 Å². The van der Waals surface area contributed by atoms with Crippen LogP contribution in [0.25, 0.3) is 0 Å². The third-order valence-electron chi connectivity index (χ3n) is 6.96. The van der Waals surface area contributed by atoms with Crippen LogP contribution in [0.5, 0.6) is 0 Å². The van der Waals surface area contributed by atoms with Crippen molar-refractivity contribution in [2.24, 2.45) is 5.92 Å². The number of para-hydroxylation sites is 1. The van der Waals surface area contributed by atoms with Crippen molar-refractivity contribution in [2.45, 2.75) is 43.7 Å². The zero-order chi connectivity index (χ0) is 20.8. The first-order chi connectivity index (χ1) is 14.6. The fourth-order valence-electron chi connectivity index (χ4n) is 5.55. The number of nitrogens with zero attached hydrogens (tertiary/aromatic N) is 2. The molecule has 2 heterocycles. The largest absolute Gasteiger partial charge is 0.394 e. The third-order valence-corrected chi connectivity index (χ3v) is 6.96. The highest BCUT2D eigenvalue weighted by atomic mass is 19.1. The number of aliphatic hydroxyl groups is 1. The summed E-state index contributed by atoms with van der Waals surface area (Å²) >= 11 is 0. The van der Waals surface area contributed by atoms with Gasteiger partial charge in [0.25, 0.3) is 5.91 Å². The van der Waals surface area contributed by atoms with Gasteiger partial charge in [0.15, 0.2) is 0 Å². The van der Waals surface area contributed by atoms with E-state index in [4.69, 9.17) is 0 Å². The average Bonchev–Trinajstić information content (AvgIpc) is 3.28. The van der Waals surface area contributed by atoms with E-state index >= 15 is 0 Å². The highest BCUT2D eigenvalue weighted by molar-refractivity contribution is 6.07. The number of carbonyl (C=O) groups is 2. The Balaban J connectivity index is 1.51. The number of likely N-dealkylation sites (tertiary alicyclic amines) is 1. The number of halogens is 1. The molecule has 0 radical (unpaired) electrons. The SMILES string of the molecule is O=C(c1cccc(F)c1)N1C[C@H]2[C@@H](c3ccccc31)[C@H](CO)N2C(=O)C1CCCC1. The Morgan fingerprint density at radius 3 is 2.57 bits per heavy atom. The quantitative estimate of drug-likeness (QED) is 0.848. The summed E-state index contributed by atoms with van der Waals surface area (Å²) in [6.07, 6.45) is 3.92. The average molecular weight is 408 g/mol. The lowest BCUT2D eigenvalue weighted by atomic mass is 9.71. The Labute approximate surface area is 175 Å². The minimum atomic E-state index is -0.453. The van der Waals surface area contributed by atoms with Crippen LogP contribution in [0.1, 0.15) is 47.5 Å². The van der Waals surface area contributed by atoms with Gasteiger partial charge in [-0.2, -0.15) is 0 Å². The molecule has 1 N–H and O–H groups in total. The molecule has 1 aliphatic carbocycles. The molecule has 0 aromatic heterocycles. The van der Waals surface area contributed by atoms with Gasteiger partial charge in [-0.15, -0.1) is 0 Å². The Bertz CT molecular complexity index is 988. The van der Waals surface area contributed by atoms with E-state index in [0.29, 0.717) is 6.54 Å². The molecule has 0 unspecified atom stereocenters. The van der Waals surface area contributed by atoms with Crippen molar-refractivity contribution in [1.82, 2.24) is 4.90 Å². The molecule has 2 aromatic rings. The number of fused-ring (bicyclic) bond motifs is 3. The van der Waals surface area contributed by atoms with E-state index in [0.717, 1.165) is 36.9 Å². The van der Waals surface area contributed by atoms with Crippen molar-refractivity contribution in [3.05, 3.63) is 65.5 Å². The van der Waals surface area contributed by atoms with Crippen LogP contribution in [-0.4, -0.2) is 47.1 Å². The summed E-state index contributed by atoms with van der Waals surface area (Å²) in [6, 6.07) is 12.9. The van der Waals surface area contributed by atoms with Crippen LogP contribution < -0.4 is 4.90 Å². The van der Waals surface area contributed by atoms with Crippen LogP contribution in [0.3, 0.4) is 0 Å². The summed E-state index contributed by atoms with van der Waals surface area (Å²) in [7, 11) is 0. The highest BCUT2D eigenvalue weighted by Gasteiger charge is 2.56. The topological polar surface area (TPSA) is 60.9 Å². The highest BCUT2D eigenvalue weighted by Crippen LogP contribution is 2.49. The first kappa shape index (κ1) is 19.2. The van der Waals surface area contributed by atoms with Crippen molar-refractivity contribution in [1.29, 1.82) is 0 Å². The first-order valence-corrected chi connectivity index (χ1v) is 10.7. The van der Waals surface area contributed by atoms with Gasteiger partial charge >= 0.3 is 0 Å². The third kappa shape index (κ3) is 2.93. The molecule has 2 aliphatic heterocycles. The molecule has 3 aliphatic rings. The molecule has 0 spiro atoms. The molecule has 1 saturated carbocycles. The Morgan fingerprint density at radius 1 is 1.07 bits per heavy atom. The van der Waals surface area contributed by atoms with E-state index in [1.807, 2.05) is 29.2 Å². The monoisotopic (exact) mass is 408 g/mol. The molecule has 5 rings (SSSR count). The number of amides is 2. The van der Waals surface area contributed by atoms with Gasteiger partial charge in [-0.05, 0) is 42.7 Å². The van der Waals surface area contributed by atoms with E-state index in [-0.39, 0.29) is 47.9 Å². The number of anilines is 1. The standard InChI is InChI=1S/C24H25FN2O3/c25-17-9-5-8-16(12-17)23(29)26-13-20-22(18-10-3-4-11-19(18)26)21(14-28)27(20)24(30)15-6-1-2-7-15/h3-5,8-12,15,20-22,28H,1-2,6-7,13-14H2/t20-,21-,22+/m0/s1. The maximum absolute atomic E-state index is 13.7. The lowest BCUT2D eigenvalue weighted by Gasteiger charge is -2.59. The van der Waals surface area contributed by atoms with Crippen LogP contribution in [-0.2, 0) is 4.79 Å². The summed E-state index contributed by atoms with van der Waals surface area (Å²) in [6.45, 7) is 0.262. The van der Waals surface area contributed by atoms with Crippen LogP contribution in [0, 0.1) is 11.7 Å². The summed E-state index contributed by atoms with van der Waals surface area (Å²) < 4.78 is 13.7. The predicted octanol–water partition coefficient (Wildman–Crippen LogP) is 3.33. The number of benzene rings is 2. The van der Waals surface area contributed by atoms with E-state index in [9.17, 15) is 19.1 Å². The van der Waals surface area contributed by atoms with Crippen molar-refractivity contribution in [3.63, 3.8) is 0 Å². The van der Waals surface area contributed by atoms with Gasteiger partial charge in [0.1, 0.15) is 5.82 Å². The zero-order valence-electron chi connectivity index (χ0n) is 16.7. The molecule has 30 heavy (non-hydrogen) atoms. The van der Waals surface area contributed by atoms with Crippen LogP contribution in [0.4, 0.5) is 10.1 Å². The summed E-state index contributed by atoms with van der Waals surface area (Å²) in [5.74, 6) is -0.602. The van der Waals surface area contributed by atoms with E-state index in [1.165, 1.54) is 18.2 Å². The molecule has 3 atom stereocenters. The molecule has 2 aromatic carbocycles. The van der Waals surface area contributed by atoms with Gasteiger partial charge in [0.05, 0.1) is 18.7 Å². The zero-order valence-corrected chi connectivity index (χ0v) is 16.7. The van der Waals surface area contributed by atoms with Gasteiger partial charge in [0, 0.05) is 29.6 Å². The Hall–Kier alpha value is -2.73. The van der Waals surface area contributed by atoms with Gasteiger partial charge in [-0.3, -0.25) is 9.59 Å². The Kier molecular flexibility index (Phi) is 4.82. The van der Waals surface area contributed by atoms with Crippen molar-refractivity contribution >= 4 is 17.5 Å². The van der Waals surface area contributed by atoms with Gasteiger partial charge < -0.3 is 14.9 Å². The van der Waals surface area contributed by atoms with Gasteiger partial charge in [-0.1, -0.05) is 37.1 Å². The predicted molar refractivity (Wildman–Crippen MR) is 111 cm³/mol. The second-order valence-corrected chi connectivity index (χ2v) is 8.55. The lowest BCUT2D eigenvalue weighted by molar-refractivity contribution is -0.154. The fourth-order valence-corrected chi connectivity index (χ4v) is 5.55. The molecular weight excluding hydrogens is 383 g/mol. The van der Waals surface area contributed by atoms with Crippen molar-refractivity contribution < 1.29 is 19.1 Å². The first-order valence-electron chi connectivity index (χ1n) is 10.7. The lowest BCUT2D eigenvalue weighted by Crippen LogP contribution is -2.71. The number of aliphatic hydroxyl groups excluding tert-OH is 1. The maximum atomic E-state index is 13.7. The number of hydrogen-bond donors (Lipinski definition) is 1. The molecule has 0 bridgehead atoms. The summed E-state index contributed by atoms with van der Waals surface area (Å²) in [4.78, 5) is 30.0. The van der Waals surface area contributed by atoms with Crippen molar-refractivity contribution in [3.8, 4) is 0 Å². The van der Waals surface area contributed by atoms with E-state index in [2.05, 4.69) is 0 Å². The van der Waals surface area contributed by atoms with Crippen LogP contribution in [0.15, 0.2) is 48.5 Å². The Morgan fingerprint density at radius 2 is 1.83 bits per heavy atom. The molecule has 156 valence electrons. The molecule has 2 amide bonds. The van der Waals surface area contributed by atoms with Crippen LogP contribution >= 0.6 is 0 Å². The summed E-state index contributed by atoms with van der Waals surface area (Å²) in [5.41, 5.74) is 2.03. The second-order valence-electron chi connectivity index (χ2n) is 8.55. The van der Waals surface area contributed by atoms with Gasteiger partial charge in [0.2, 0.25) is 5.91 Å². The second kappa shape index (κ2) is 7.51. The minimum absolute atomic E-state index is 0.00751. The molecule has 5 nitrogen and oxygen atoms in total. The normalized spacial score (nSPS) is 25.5. The smallest absolute Gasteiger partial charge is 0.258 e. The van der Waals surface area contributed by atoms with Crippen molar-refractivity contribution in [2.75, 3.05) is 18.1 Å². The van der Waals surface area contributed by atoms with E-state index < -0.39 is 5.82 Å². The number of rotatable bonds is 3. The number of hydrogen-bond acceptors (Lipinski definition) is 3. The molecule has 6 heteroatoms. The summed E-state index contributed by atoms with van der Waals surface area (Å²) in [5, 5.41) is 10.1. The molecular formula is C24H25FN2O3. The van der Waals surface area contributed by atoms with Crippen LogP contribution in [0.2, 0.25) is 0 Å². The molecule has 2 fully saturated rings. The maximum Gasteiger partial charge on any atom is 0.258 e. The van der Waals surface area contributed by atoms with Gasteiger partial charge in [-0.25, -0.2) is 4.39 Å². The fraction of sp³-hybridized carbons (Fsp3) is 0.417. The molecule has 1 saturated heterocycles. The minimum Gasteiger partial charge on any atom is -0.394 e. The number of carbonyl (C=O) groups excluding carboxylic acids is 2.